The van der Waals surface area contributed by atoms with Crippen molar-refractivity contribution in [1.29, 1.82) is 0 Å². The van der Waals surface area contributed by atoms with E-state index < -0.39 is 17.4 Å². The monoisotopic (exact) mass is 739 g/mol. The number of hydrogen-bond donors (Lipinski definition) is 3. The molecule has 8 nitrogen and oxygen atoms in total. The standard InChI is InChI=1S/C45H74N2O6/c1-11-12-13-16-36(49)53-34-20-21-42(8)32(41(34,6)7)19-22-44(10)33(42)18-17-30-31-28-40(4,5)23-25-45(31,26-24-43(30,44)9)39(52)46-27-14-15-35(48)47-37(29(2)3)38(50)51/h17,29,31-34,37H,11-16,18-28H2,1-10H3,(H,46,52)(H,47,48)(H,50,51)/t31-,32-,33+,34-,37-,42-,43+,44+,45-/m0/s1. The molecule has 0 spiro atoms. The van der Waals surface area contributed by atoms with Gasteiger partial charge < -0.3 is 20.5 Å². The molecule has 0 bridgehead atoms. The number of unbranched alkanes of at least 4 members (excludes halogenated alkanes) is 2. The summed E-state index contributed by atoms with van der Waals surface area (Å²) in [5.41, 5.74) is 1.43. The average molecular weight is 739 g/mol. The van der Waals surface area contributed by atoms with Gasteiger partial charge in [-0.3, -0.25) is 14.4 Å². The molecule has 53 heavy (non-hydrogen) atoms. The molecule has 3 N–H and O–H groups in total. The lowest BCUT2D eigenvalue weighted by molar-refractivity contribution is -0.213. The first kappa shape index (κ1) is 41.8. The predicted molar refractivity (Wildman–Crippen MR) is 210 cm³/mol. The van der Waals surface area contributed by atoms with Crippen molar-refractivity contribution in [2.24, 2.45) is 56.2 Å². The molecule has 0 unspecified atom stereocenters. The van der Waals surface area contributed by atoms with E-state index >= 15 is 0 Å². The van der Waals surface area contributed by atoms with Crippen LogP contribution in [-0.4, -0.2) is 47.6 Å². The first-order valence-electron chi connectivity index (χ1n) is 21.4. The highest BCUT2D eigenvalue weighted by Crippen LogP contribution is 2.76. The number of amides is 2. The van der Waals surface area contributed by atoms with Crippen LogP contribution in [0, 0.1) is 56.2 Å². The van der Waals surface area contributed by atoms with E-state index in [1.54, 1.807) is 13.8 Å². The summed E-state index contributed by atoms with van der Waals surface area (Å²) >= 11 is 0. The van der Waals surface area contributed by atoms with Crippen molar-refractivity contribution in [1.82, 2.24) is 10.6 Å². The van der Waals surface area contributed by atoms with Gasteiger partial charge in [-0.2, -0.15) is 0 Å². The van der Waals surface area contributed by atoms with Crippen molar-refractivity contribution in [3.8, 4) is 0 Å². The molecule has 5 aliphatic rings. The molecule has 8 heteroatoms. The molecule has 0 aliphatic heterocycles. The number of esters is 1. The summed E-state index contributed by atoms with van der Waals surface area (Å²) in [7, 11) is 0. The molecule has 0 radical (unpaired) electrons. The Labute approximate surface area is 321 Å². The van der Waals surface area contributed by atoms with Crippen LogP contribution in [-0.2, 0) is 23.9 Å². The molecule has 0 saturated heterocycles. The molecule has 9 atom stereocenters. The number of carbonyl (C=O) groups is 4. The first-order chi connectivity index (χ1) is 24.7. The van der Waals surface area contributed by atoms with Gasteiger partial charge in [-0.25, -0.2) is 4.79 Å². The van der Waals surface area contributed by atoms with Gasteiger partial charge >= 0.3 is 11.9 Å². The van der Waals surface area contributed by atoms with Crippen LogP contribution >= 0.6 is 0 Å². The Morgan fingerprint density at radius 2 is 1.57 bits per heavy atom. The fraction of sp³-hybridized carbons (Fsp3) is 0.867. The number of nitrogens with one attached hydrogen (secondary N) is 2. The van der Waals surface area contributed by atoms with E-state index in [-0.39, 0.29) is 69.2 Å². The highest BCUT2D eigenvalue weighted by atomic mass is 16.5. The third-order valence-corrected chi connectivity index (χ3v) is 16.4. The maximum Gasteiger partial charge on any atom is 0.326 e. The molecule has 0 heterocycles. The van der Waals surface area contributed by atoms with Crippen LogP contribution in [0.3, 0.4) is 0 Å². The number of ether oxygens (including phenoxy) is 1. The Hall–Kier alpha value is -2.38. The van der Waals surface area contributed by atoms with Gasteiger partial charge in [-0.1, -0.05) is 93.7 Å². The number of carboxylic acids is 1. The van der Waals surface area contributed by atoms with E-state index in [4.69, 9.17) is 4.74 Å². The molecular weight excluding hydrogens is 665 g/mol. The predicted octanol–water partition coefficient (Wildman–Crippen LogP) is 9.40. The number of carbonyl (C=O) groups excluding carboxylic acids is 3. The SMILES string of the molecule is CCCCCC(=O)O[C@H]1CC[C@]2(C)[C@H]3CC=C4[C@@H]5CC(C)(C)CC[C@]5(C(=O)NCCCC(=O)N[C@H](C(=O)O)C(C)C)CC[C@@]4(C)[C@]3(C)CC[C@H]2C1(C)C. The minimum absolute atomic E-state index is 0.00762. The van der Waals surface area contributed by atoms with Gasteiger partial charge in [-0.05, 0) is 122 Å². The fourth-order valence-electron chi connectivity index (χ4n) is 13.0. The van der Waals surface area contributed by atoms with E-state index in [0.717, 1.165) is 83.5 Å². The maximum atomic E-state index is 14.4. The third-order valence-electron chi connectivity index (χ3n) is 16.4. The van der Waals surface area contributed by atoms with Gasteiger partial charge in [0, 0.05) is 24.8 Å². The molecule has 4 fully saturated rings. The van der Waals surface area contributed by atoms with Crippen LogP contribution in [0.2, 0.25) is 0 Å². The summed E-state index contributed by atoms with van der Waals surface area (Å²) in [6.45, 7) is 23.3. The van der Waals surface area contributed by atoms with E-state index in [1.807, 2.05) is 0 Å². The Bertz CT molecular complexity index is 1430. The molecule has 300 valence electrons. The maximum absolute atomic E-state index is 14.4. The molecule has 5 rings (SSSR count). The van der Waals surface area contributed by atoms with Crippen LogP contribution in [0.15, 0.2) is 11.6 Å². The van der Waals surface area contributed by atoms with Gasteiger partial charge in [0.05, 0.1) is 5.41 Å². The lowest BCUT2D eigenvalue weighted by atomic mass is 9.33. The van der Waals surface area contributed by atoms with E-state index in [0.29, 0.717) is 31.2 Å². The van der Waals surface area contributed by atoms with Gasteiger partial charge in [0.15, 0.2) is 0 Å². The number of fused-ring (bicyclic) bond motifs is 7. The van der Waals surface area contributed by atoms with Gasteiger partial charge in [-0.15, -0.1) is 0 Å². The Kier molecular flexibility index (Phi) is 12.0. The first-order valence-corrected chi connectivity index (χ1v) is 21.4. The summed E-state index contributed by atoms with van der Waals surface area (Å²) in [5, 5.41) is 15.4. The zero-order valence-corrected chi connectivity index (χ0v) is 35.1. The topological polar surface area (TPSA) is 122 Å². The smallest absolute Gasteiger partial charge is 0.326 e. The zero-order chi connectivity index (χ0) is 39.2. The van der Waals surface area contributed by atoms with Crippen LogP contribution in [0.4, 0.5) is 0 Å². The number of hydrogen-bond acceptors (Lipinski definition) is 5. The Balaban J connectivity index is 1.33. The Morgan fingerprint density at radius 3 is 2.23 bits per heavy atom. The largest absolute Gasteiger partial charge is 0.480 e. The van der Waals surface area contributed by atoms with Gasteiger partial charge in [0.25, 0.3) is 0 Å². The summed E-state index contributed by atoms with van der Waals surface area (Å²) in [5.74, 6) is -0.197. The van der Waals surface area contributed by atoms with Crippen LogP contribution in [0.5, 0.6) is 0 Å². The second-order valence-corrected chi connectivity index (χ2v) is 20.7. The van der Waals surface area contributed by atoms with E-state index in [9.17, 15) is 24.3 Å². The summed E-state index contributed by atoms with van der Waals surface area (Å²) in [4.78, 5) is 51.5. The van der Waals surface area contributed by atoms with E-state index in [1.165, 1.54) is 5.57 Å². The second-order valence-electron chi connectivity index (χ2n) is 20.7. The number of carboxylic acid groups (broad SMARTS) is 1. The van der Waals surface area contributed by atoms with Crippen molar-refractivity contribution in [3.05, 3.63) is 11.6 Å². The highest BCUT2D eigenvalue weighted by Gasteiger charge is 2.69. The third kappa shape index (κ3) is 7.48. The fourth-order valence-corrected chi connectivity index (χ4v) is 13.0. The number of aliphatic carboxylic acids is 1. The van der Waals surface area contributed by atoms with Crippen molar-refractivity contribution >= 4 is 23.8 Å². The summed E-state index contributed by atoms with van der Waals surface area (Å²) in [6.07, 6.45) is 17.0. The molecular formula is C45H74N2O6. The summed E-state index contributed by atoms with van der Waals surface area (Å²) < 4.78 is 6.28. The highest BCUT2D eigenvalue weighted by molar-refractivity contribution is 5.85. The number of allylic oxidation sites excluding steroid dienone is 2. The molecule has 0 aromatic heterocycles. The van der Waals surface area contributed by atoms with Gasteiger partial charge in [0.2, 0.25) is 11.8 Å². The lowest BCUT2D eigenvalue weighted by Crippen LogP contribution is -2.65. The molecule has 4 saturated carbocycles. The average Bonchev–Trinajstić information content (AvgIpc) is 3.06. The zero-order valence-electron chi connectivity index (χ0n) is 35.1. The molecule has 2 amide bonds. The van der Waals surface area contributed by atoms with Crippen molar-refractivity contribution in [3.63, 3.8) is 0 Å². The van der Waals surface area contributed by atoms with Crippen molar-refractivity contribution in [2.75, 3.05) is 6.54 Å². The van der Waals surface area contributed by atoms with Crippen molar-refractivity contribution in [2.45, 2.75) is 184 Å². The quantitative estimate of drug-likeness (QED) is 0.0984. The molecule has 5 aliphatic carbocycles. The lowest BCUT2D eigenvalue weighted by Gasteiger charge is -2.71. The van der Waals surface area contributed by atoms with E-state index in [2.05, 4.69) is 72.1 Å². The van der Waals surface area contributed by atoms with Crippen molar-refractivity contribution < 1.29 is 29.0 Å². The number of rotatable bonds is 13. The normalized spacial score (nSPS) is 37.5. The summed E-state index contributed by atoms with van der Waals surface area (Å²) in [6, 6.07) is -0.909. The Morgan fingerprint density at radius 1 is 0.868 bits per heavy atom. The molecule has 0 aromatic rings. The van der Waals surface area contributed by atoms with Gasteiger partial charge in [0.1, 0.15) is 12.1 Å². The van der Waals surface area contributed by atoms with Crippen LogP contribution in [0.1, 0.15) is 172 Å². The van der Waals surface area contributed by atoms with Crippen LogP contribution in [0.25, 0.3) is 0 Å². The minimum atomic E-state index is -1.03. The minimum Gasteiger partial charge on any atom is -0.480 e. The van der Waals surface area contributed by atoms with Crippen LogP contribution < -0.4 is 10.6 Å². The molecule has 0 aromatic carbocycles. The second kappa shape index (κ2) is 15.3.